The number of aromatic nitrogens is 2. The molecular weight excluding hydrogens is 432 g/mol. The van der Waals surface area contributed by atoms with Crippen LogP contribution >= 0.6 is 0 Å². The second kappa shape index (κ2) is 8.60. The first-order valence-corrected chi connectivity index (χ1v) is 12.1. The van der Waals surface area contributed by atoms with Gasteiger partial charge in [0.2, 0.25) is 0 Å². The summed E-state index contributed by atoms with van der Waals surface area (Å²) in [4.78, 5) is 29.0. The maximum Gasteiger partial charge on any atom is 0.345 e. The van der Waals surface area contributed by atoms with Crippen LogP contribution in [0, 0.1) is 11.8 Å². The lowest BCUT2D eigenvalue weighted by Gasteiger charge is -2.29. The van der Waals surface area contributed by atoms with Crippen molar-refractivity contribution >= 4 is 16.9 Å². The molecule has 3 aromatic rings. The minimum Gasteiger partial charge on any atom is -0.506 e. The fourth-order valence-corrected chi connectivity index (χ4v) is 6.10. The highest BCUT2D eigenvalue weighted by Gasteiger charge is 2.38. The largest absolute Gasteiger partial charge is 0.506 e. The third-order valence-electron chi connectivity index (χ3n) is 7.90. The van der Waals surface area contributed by atoms with Gasteiger partial charge in [0.1, 0.15) is 5.75 Å². The monoisotopic (exact) mass is 464 g/mol. The summed E-state index contributed by atoms with van der Waals surface area (Å²) >= 11 is 0. The third kappa shape index (κ3) is 3.71. The molecule has 5 N–H and O–H groups in total. The van der Waals surface area contributed by atoms with Gasteiger partial charge in [0.25, 0.3) is 5.56 Å². The van der Waals surface area contributed by atoms with Crippen LogP contribution in [0.2, 0.25) is 0 Å². The maximum atomic E-state index is 12.4. The first-order valence-electron chi connectivity index (χ1n) is 12.1. The molecule has 8 nitrogen and oxygen atoms in total. The molecule has 1 aromatic carbocycles. The number of pyridine rings is 1. The van der Waals surface area contributed by atoms with Crippen molar-refractivity contribution < 1.29 is 15.0 Å². The Labute approximate surface area is 198 Å². The first kappa shape index (κ1) is 22.7. The van der Waals surface area contributed by atoms with Gasteiger partial charge in [-0.3, -0.25) is 9.69 Å². The first-order chi connectivity index (χ1) is 16.3. The van der Waals surface area contributed by atoms with E-state index < -0.39 is 22.8 Å². The van der Waals surface area contributed by atoms with E-state index in [1.807, 2.05) is 25.1 Å². The van der Waals surface area contributed by atoms with Crippen LogP contribution in [0.3, 0.4) is 0 Å². The SMILES string of the molecule is CCc1c(-c2ccc3c(c2)cc(CN2C[C@H]4CCC[C@@H](N)[C@H]4C2)n3C)[nH]c(=O)c(C(=O)O)c1O. The Morgan fingerprint density at radius 2 is 2.03 bits per heavy atom. The standard InChI is InChI=1S/C26H32N4O4/c1-3-18-23(28-25(32)22(24(18)31)26(33)34)14-7-8-21-16(9-14)10-17(29(21)2)12-30-11-15-5-4-6-20(27)19(15)13-30/h7-10,15,19-20H,3-6,11-13,27H2,1-2H3,(H,33,34)(H2,28,31,32)/t15-,19+,20-/m1/s1. The summed E-state index contributed by atoms with van der Waals surface area (Å²) in [5.74, 6) is -0.598. The average molecular weight is 465 g/mol. The Balaban J connectivity index is 1.48. The molecular formula is C26H32N4O4. The van der Waals surface area contributed by atoms with Crippen LogP contribution in [-0.2, 0) is 20.0 Å². The number of hydrogen-bond acceptors (Lipinski definition) is 5. The van der Waals surface area contributed by atoms with Crippen LogP contribution in [0.25, 0.3) is 22.2 Å². The van der Waals surface area contributed by atoms with E-state index in [1.165, 1.54) is 18.5 Å². The Morgan fingerprint density at radius 3 is 2.74 bits per heavy atom. The lowest BCUT2D eigenvalue weighted by atomic mass is 9.78. The smallest absolute Gasteiger partial charge is 0.345 e. The highest BCUT2D eigenvalue weighted by molar-refractivity contribution is 5.92. The van der Waals surface area contributed by atoms with E-state index in [0.29, 0.717) is 35.6 Å². The van der Waals surface area contributed by atoms with E-state index in [9.17, 15) is 19.8 Å². The summed E-state index contributed by atoms with van der Waals surface area (Å²) in [5, 5.41) is 20.8. The van der Waals surface area contributed by atoms with Gasteiger partial charge in [-0.05, 0) is 54.9 Å². The van der Waals surface area contributed by atoms with Crippen molar-refractivity contribution in [2.75, 3.05) is 13.1 Å². The van der Waals surface area contributed by atoms with E-state index in [4.69, 9.17) is 5.73 Å². The molecule has 2 aliphatic rings. The predicted octanol–water partition coefficient (Wildman–Crippen LogP) is 3.06. The van der Waals surface area contributed by atoms with Gasteiger partial charge in [0.05, 0.1) is 5.69 Å². The number of rotatable bonds is 5. The van der Waals surface area contributed by atoms with Gasteiger partial charge in [0, 0.05) is 54.9 Å². The number of nitrogens with zero attached hydrogens (tertiary/aromatic N) is 2. The molecule has 2 aromatic heterocycles. The molecule has 5 rings (SSSR count). The minimum absolute atomic E-state index is 0.317. The molecule has 1 aliphatic carbocycles. The Morgan fingerprint density at radius 1 is 1.24 bits per heavy atom. The van der Waals surface area contributed by atoms with Crippen LogP contribution in [0.5, 0.6) is 5.75 Å². The number of likely N-dealkylation sites (tertiary alicyclic amines) is 1. The number of H-pyrrole nitrogens is 1. The third-order valence-corrected chi connectivity index (χ3v) is 7.90. The number of fused-ring (bicyclic) bond motifs is 2. The molecule has 0 unspecified atom stereocenters. The zero-order valence-corrected chi connectivity index (χ0v) is 19.7. The highest BCUT2D eigenvalue weighted by atomic mass is 16.4. The van der Waals surface area contributed by atoms with E-state index >= 15 is 0 Å². The number of aromatic carboxylic acids is 1. The zero-order chi connectivity index (χ0) is 24.1. The molecule has 1 aliphatic heterocycles. The number of benzene rings is 1. The molecule has 0 radical (unpaired) electrons. The number of hydrogen-bond donors (Lipinski definition) is 4. The van der Waals surface area contributed by atoms with Crippen molar-refractivity contribution in [1.82, 2.24) is 14.5 Å². The summed E-state index contributed by atoms with van der Waals surface area (Å²) in [7, 11) is 2.07. The topological polar surface area (TPSA) is 125 Å². The molecule has 180 valence electrons. The van der Waals surface area contributed by atoms with Gasteiger partial charge in [-0.1, -0.05) is 19.4 Å². The van der Waals surface area contributed by atoms with Gasteiger partial charge >= 0.3 is 5.97 Å². The Kier molecular flexibility index (Phi) is 5.73. The number of aromatic hydroxyl groups is 1. The number of carboxylic acid groups (broad SMARTS) is 1. The number of aromatic amines is 1. The number of carboxylic acids is 1. The van der Waals surface area contributed by atoms with Crippen molar-refractivity contribution in [3.05, 3.63) is 51.4 Å². The predicted molar refractivity (Wildman–Crippen MR) is 131 cm³/mol. The molecule has 3 heterocycles. The van der Waals surface area contributed by atoms with Gasteiger partial charge < -0.3 is 25.5 Å². The van der Waals surface area contributed by atoms with Gasteiger partial charge in [-0.15, -0.1) is 0 Å². The maximum absolute atomic E-state index is 12.4. The van der Waals surface area contributed by atoms with Gasteiger partial charge in [0.15, 0.2) is 5.56 Å². The van der Waals surface area contributed by atoms with Gasteiger partial charge in [-0.25, -0.2) is 4.79 Å². The lowest BCUT2D eigenvalue weighted by Crippen LogP contribution is -2.38. The summed E-state index contributed by atoms with van der Waals surface area (Å²) in [6.45, 7) is 4.84. The van der Waals surface area contributed by atoms with Crippen molar-refractivity contribution in [3.63, 3.8) is 0 Å². The fraction of sp³-hybridized carbons (Fsp3) is 0.462. The second-order valence-corrected chi connectivity index (χ2v) is 9.87. The summed E-state index contributed by atoms with van der Waals surface area (Å²) in [6.07, 6.45) is 4.03. The van der Waals surface area contributed by atoms with E-state index in [-0.39, 0.29) is 0 Å². The van der Waals surface area contributed by atoms with Gasteiger partial charge in [-0.2, -0.15) is 0 Å². The van der Waals surface area contributed by atoms with Crippen LogP contribution in [0.15, 0.2) is 29.1 Å². The molecule has 1 saturated carbocycles. The molecule has 0 amide bonds. The Hall–Kier alpha value is -3.10. The molecule has 1 saturated heterocycles. The molecule has 34 heavy (non-hydrogen) atoms. The molecule has 0 bridgehead atoms. The highest BCUT2D eigenvalue weighted by Crippen LogP contribution is 2.37. The summed E-state index contributed by atoms with van der Waals surface area (Å²) < 4.78 is 2.20. The van der Waals surface area contributed by atoms with Crippen molar-refractivity contribution in [2.45, 2.75) is 45.2 Å². The van der Waals surface area contributed by atoms with E-state index in [1.54, 1.807) is 0 Å². The number of carbonyl (C=O) groups is 1. The van der Waals surface area contributed by atoms with Crippen LogP contribution < -0.4 is 11.3 Å². The average Bonchev–Trinajstić information content (AvgIpc) is 3.34. The minimum atomic E-state index is -1.44. The van der Waals surface area contributed by atoms with Crippen LogP contribution in [-0.4, -0.2) is 49.8 Å². The lowest BCUT2D eigenvalue weighted by molar-refractivity contribution is 0.0691. The van der Waals surface area contributed by atoms with Crippen LogP contribution in [0.1, 0.15) is 47.8 Å². The fourth-order valence-electron chi connectivity index (χ4n) is 6.10. The van der Waals surface area contributed by atoms with Crippen molar-refractivity contribution in [1.29, 1.82) is 0 Å². The second-order valence-electron chi connectivity index (χ2n) is 9.87. The van der Waals surface area contributed by atoms with E-state index in [0.717, 1.165) is 42.5 Å². The number of aryl methyl sites for hydroxylation is 1. The Bertz CT molecular complexity index is 1320. The van der Waals surface area contributed by atoms with Crippen molar-refractivity contribution in [3.8, 4) is 17.0 Å². The molecule has 8 heteroatoms. The van der Waals surface area contributed by atoms with Crippen molar-refractivity contribution in [2.24, 2.45) is 24.6 Å². The van der Waals surface area contributed by atoms with E-state index in [2.05, 4.69) is 27.6 Å². The normalized spacial score (nSPS) is 22.9. The number of nitrogens with two attached hydrogens (primary N) is 1. The van der Waals surface area contributed by atoms with Crippen LogP contribution in [0.4, 0.5) is 0 Å². The summed E-state index contributed by atoms with van der Waals surface area (Å²) in [6, 6.07) is 8.39. The quantitative estimate of drug-likeness (QED) is 0.460. The summed E-state index contributed by atoms with van der Waals surface area (Å²) in [5.41, 5.74) is 8.90. The molecule has 3 atom stereocenters. The molecule has 2 fully saturated rings. The zero-order valence-electron chi connectivity index (χ0n) is 19.7. The molecule has 0 spiro atoms. The number of nitrogens with one attached hydrogen (secondary N) is 1.